The van der Waals surface area contributed by atoms with Crippen LogP contribution in [-0.2, 0) is 4.74 Å². The van der Waals surface area contributed by atoms with Gasteiger partial charge in [0.2, 0.25) is 0 Å². The highest BCUT2D eigenvalue weighted by Gasteiger charge is 2.32. The Bertz CT molecular complexity index is 180. The molecule has 0 radical (unpaired) electrons. The van der Waals surface area contributed by atoms with Gasteiger partial charge >= 0.3 is 0 Å². The molecule has 0 aromatic rings. The lowest BCUT2D eigenvalue weighted by atomic mass is 10.0. The van der Waals surface area contributed by atoms with Crippen LogP contribution in [0.1, 0.15) is 26.2 Å². The first-order chi connectivity index (χ1) is 6.27. The first kappa shape index (κ1) is 12.2. The van der Waals surface area contributed by atoms with Crippen molar-refractivity contribution in [1.82, 2.24) is 10.2 Å². The molecule has 0 aromatic heterocycles. The average Bonchev–Trinajstić information content (AvgIpc) is 2.53. The number of likely N-dealkylation sites (tertiary alicyclic amines) is 1. The van der Waals surface area contributed by atoms with E-state index in [9.17, 15) is 0 Å². The molecule has 0 aliphatic carbocycles. The summed E-state index contributed by atoms with van der Waals surface area (Å²) in [5.74, 6) is 0. The van der Waals surface area contributed by atoms with Gasteiger partial charge in [-0.25, -0.2) is 0 Å². The number of halogens is 1. The van der Waals surface area contributed by atoms with Gasteiger partial charge in [-0.15, -0.1) is 12.4 Å². The van der Waals surface area contributed by atoms with Crippen molar-refractivity contribution >= 4 is 12.4 Å². The van der Waals surface area contributed by atoms with Gasteiger partial charge in [-0.05, 0) is 33.4 Å². The van der Waals surface area contributed by atoms with Crippen molar-refractivity contribution in [1.29, 1.82) is 0 Å². The summed E-state index contributed by atoms with van der Waals surface area (Å²) in [4.78, 5) is 2.43. The van der Waals surface area contributed by atoms with Crippen LogP contribution < -0.4 is 5.32 Å². The van der Waals surface area contributed by atoms with E-state index in [1.54, 1.807) is 0 Å². The van der Waals surface area contributed by atoms with E-state index >= 15 is 0 Å². The van der Waals surface area contributed by atoms with Crippen molar-refractivity contribution in [2.24, 2.45) is 0 Å². The minimum absolute atomic E-state index is 0. The summed E-state index contributed by atoms with van der Waals surface area (Å²) in [6.07, 6.45) is 4.25. The minimum atomic E-state index is 0. The highest BCUT2D eigenvalue weighted by atomic mass is 35.5. The number of rotatable bonds is 1. The van der Waals surface area contributed by atoms with Gasteiger partial charge in [0.05, 0.1) is 6.61 Å². The largest absolute Gasteiger partial charge is 0.360 e. The molecule has 2 fully saturated rings. The third-order valence-electron chi connectivity index (χ3n) is 3.15. The molecule has 0 saturated carbocycles. The first-order valence-corrected chi connectivity index (χ1v) is 5.35. The van der Waals surface area contributed by atoms with Crippen LogP contribution in [0.25, 0.3) is 0 Å². The molecule has 2 heterocycles. The summed E-state index contributed by atoms with van der Waals surface area (Å²) in [7, 11) is 2.21. The van der Waals surface area contributed by atoms with Crippen LogP contribution in [0.5, 0.6) is 0 Å². The number of nitrogens with one attached hydrogen (secondary N) is 1. The van der Waals surface area contributed by atoms with Crippen LogP contribution in [-0.4, -0.2) is 43.4 Å². The van der Waals surface area contributed by atoms with E-state index in [2.05, 4.69) is 24.2 Å². The maximum absolute atomic E-state index is 5.72. The Hall–Kier alpha value is 0.170. The van der Waals surface area contributed by atoms with Gasteiger partial charge in [-0.2, -0.15) is 0 Å². The molecule has 14 heavy (non-hydrogen) atoms. The van der Waals surface area contributed by atoms with Crippen LogP contribution in [0.15, 0.2) is 0 Å². The number of hydrogen-bond acceptors (Lipinski definition) is 3. The summed E-state index contributed by atoms with van der Waals surface area (Å²) in [6.45, 7) is 4.28. The molecule has 2 aliphatic heterocycles. The Labute approximate surface area is 92.6 Å². The Morgan fingerprint density at radius 1 is 1.36 bits per heavy atom. The fraction of sp³-hybridized carbons (Fsp3) is 1.00. The lowest BCUT2D eigenvalue weighted by Crippen LogP contribution is -2.49. The van der Waals surface area contributed by atoms with Crippen molar-refractivity contribution in [3.63, 3.8) is 0 Å². The molecule has 3 nitrogen and oxygen atoms in total. The number of likely N-dealkylation sites (N-methyl/N-ethyl adjacent to an activating group) is 1. The topological polar surface area (TPSA) is 24.5 Å². The second kappa shape index (κ2) is 5.31. The molecule has 2 saturated heterocycles. The Morgan fingerprint density at radius 2 is 2.14 bits per heavy atom. The molecule has 0 aromatic carbocycles. The van der Waals surface area contributed by atoms with E-state index in [1.165, 1.54) is 25.8 Å². The van der Waals surface area contributed by atoms with Gasteiger partial charge in [0.25, 0.3) is 0 Å². The molecule has 4 heteroatoms. The Balaban J connectivity index is 0.000000980. The van der Waals surface area contributed by atoms with Gasteiger partial charge < -0.3 is 4.74 Å². The standard InChI is InChI=1S/C10H20N2O.ClH/c1-8-7-13-10(11-8)9-5-3-4-6-12(9)2;/h8-11H,3-7H2,1-2H3;1H. The SMILES string of the molecule is CC1COC(C2CCCCN2C)N1.Cl. The summed E-state index contributed by atoms with van der Waals surface area (Å²) in [5, 5.41) is 3.49. The van der Waals surface area contributed by atoms with Crippen molar-refractivity contribution in [3.8, 4) is 0 Å². The van der Waals surface area contributed by atoms with Gasteiger partial charge in [0.1, 0.15) is 6.23 Å². The molecule has 3 atom stereocenters. The summed E-state index contributed by atoms with van der Waals surface area (Å²) in [6, 6.07) is 1.12. The molecule has 0 amide bonds. The van der Waals surface area contributed by atoms with Crippen molar-refractivity contribution in [3.05, 3.63) is 0 Å². The zero-order valence-corrected chi connectivity index (χ0v) is 9.85. The predicted molar refractivity (Wildman–Crippen MR) is 59.9 cm³/mol. The monoisotopic (exact) mass is 220 g/mol. The number of ether oxygens (including phenoxy) is 1. The molecule has 84 valence electrons. The summed E-state index contributed by atoms with van der Waals surface area (Å²) in [5.41, 5.74) is 0. The maximum Gasteiger partial charge on any atom is 0.124 e. The van der Waals surface area contributed by atoms with Gasteiger partial charge in [0, 0.05) is 12.1 Å². The van der Waals surface area contributed by atoms with E-state index in [0.29, 0.717) is 12.1 Å². The Kier molecular flexibility index (Phi) is 4.64. The molecule has 0 spiro atoms. The Morgan fingerprint density at radius 3 is 2.71 bits per heavy atom. The highest BCUT2D eigenvalue weighted by molar-refractivity contribution is 5.85. The van der Waals surface area contributed by atoms with Gasteiger partial charge in [-0.1, -0.05) is 6.42 Å². The lowest BCUT2D eigenvalue weighted by molar-refractivity contribution is 0.00811. The minimum Gasteiger partial charge on any atom is -0.360 e. The van der Waals surface area contributed by atoms with E-state index < -0.39 is 0 Å². The quantitative estimate of drug-likeness (QED) is 0.720. The molecular weight excluding hydrogens is 200 g/mol. The van der Waals surface area contributed by atoms with Crippen molar-refractivity contribution < 1.29 is 4.74 Å². The molecule has 1 N–H and O–H groups in total. The first-order valence-electron chi connectivity index (χ1n) is 5.35. The zero-order chi connectivity index (χ0) is 9.26. The van der Waals surface area contributed by atoms with Crippen LogP contribution in [0, 0.1) is 0 Å². The molecule has 2 aliphatic rings. The van der Waals surface area contributed by atoms with Crippen LogP contribution >= 0.6 is 12.4 Å². The van der Waals surface area contributed by atoms with Crippen molar-refractivity contribution in [2.45, 2.75) is 44.5 Å². The normalized spacial score (nSPS) is 39.4. The second-order valence-corrected chi connectivity index (χ2v) is 4.37. The summed E-state index contributed by atoms with van der Waals surface area (Å²) >= 11 is 0. The van der Waals surface area contributed by atoms with Crippen molar-refractivity contribution in [2.75, 3.05) is 20.2 Å². The predicted octanol–water partition coefficient (Wildman–Crippen LogP) is 1.23. The number of hydrogen-bond donors (Lipinski definition) is 1. The molecule has 2 rings (SSSR count). The number of nitrogens with zero attached hydrogens (tertiary/aromatic N) is 1. The zero-order valence-electron chi connectivity index (χ0n) is 9.03. The van der Waals surface area contributed by atoms with Crippen LogP contribution in [0.4, 0.5) is 0 Å². The second-order valence-electron chi connectivity index (χ2n) is 4.37. The molecule has 3 unspecified atom stereocenters. The fourth-order valence-corrected chi connectivity index (χ4v) is 2.33. The van der Waals surface area contributed by atoms with E-state index in [1.807, 2.05) is 0 Å². The smallest absolute Gasteiger partial charge is 0.124 e. The van der Waals surface area contributed by atoms with Gasteiger partial charge in [0.15, 0.2) is 0 Å². The molecule has 0 bridgehead atoms. The average molecular weight is 221 g/mol. The summed E-state index contributed by atoms with van der Waals surface area (Å²) < 4.78 is 5.72. The van der Waals surface area contributed by atoms with Crippen LogP contribution in [0.3, 0.4) is 0 Å². The van der Waals surface area contributed by atoms with Gasteiger partial charge in [-0.3, -0.25) is 10.2 Å². The van der Waals surface area contributed by atoms with E-state index in [-0.39, 0.29) is 18.6 Å². The van der Waals surface area contributed by atoms with Crippen LogP contribution in [0.2, 0.25) is 0 Å². The number of piperidine rings is 1. The fourth-order valence-electron chi connectivity index (χ4n) is 2.33. The third kappa shape index (κ3) is 2.60. The molecular formula is C10H21ClN2O. The van der Waals surface area contributed by atoms with E-state index in [4.69, 9.17) is 4.74 Å². The van der Waals surface area contributed by atoms with E-state index in [0.717, 1.165) is 6.61 Å². The lowest BCUT2D eigenvalue weighted by Gasteiger charge is -2.35. The highest BCUT2D eigenvalue weighted by Crippen LogP contribution is 2.21. The third-order valence-corrected chi connectivity index (χ3v) is 3.15. The maximum atomic E-state index is 5.72.